The molecular weight excluding hydrogens is 336 g/mol. The molecule has 3 rings (SSSR count). The SMILES string of the molecule is COc1cccc(C(C[NH+]2CCCC2)N(C)C(=O)Cc2ccc(C)cc2)c1. The van der Waals surface area contributed by atoms with E-state index < -0.39 is 0 Å². The summed E-state index contributed by atoms with van der Waals surface area (Å²) in [5, 5.41) is 0. The molecule has 2 aromatic carbocycles. The average Bonchev–Trinajstić information content (AvgIpc) is 3.20. The molecule has 1 aliphatic heterocycles. The molecule has 144 valence electrons. The van der Waals surface area contributed by atoms with Gasteiger partial charge in [0.25, 0.3) is 0 Å². The zero-order valence-electron chi connectivity index (χ0n) is 16.7. The molecule has 1 unspecified atom stereocenters. The summed E-state index contributed by atoms with van der Waals surface area (Å²) in [6, 6.07) is 16.4. The van der Waals surface area contributed by atoms with Crippen molar-refractivity contribution < 1.29 is 14.4 Å². The molecular formula is C23H31N2O2+. The maximum absolute atomic E-state index is 13.0. The number of aryl methyl sites for hydroxylation is 1. The molecule has 1 aliphatic rings. The van der Waals surface area contributed by atoms with E-state index in [9.17, 15) is 4.79 Å². The summed E-state index contributed by atoms with van der Waals surface area (Å²) < 4.78 is 5.41. The van der Waals surface area contributed by atoms with Crippen LogP contribution in [-0.2, 0) is 11.2 Å². The van der Waals surface area contributed by atoms with Crippen molar-refractivity contribution in [3.63, 3.8) is 0 Å². The molecule has 1 N–H and O–H groups in total. The van der Waals surface area contributed by atoms with Crippen molar-refractivity contribution in [2.45, 2.75) is 32.2 Å². The number of amides is 1. The van der Waals surface area contributed by atoms with Crippen LogP contribution in [0.1, 0.15) is 35.6 Å². The lowest BCUT2D eigenvalue weighted by atomic mass is 10.0. The van der Waals surface area contributed by atoms with Gasteiger partial charge in [-0.15, -0.1) is 0 Å². The summed E-state index contributed by atoms with van der Waals surface area (Å²) in [5.41, 5.74) is 3.43. The van der Waals surface area contributed by atoms with Crippen LogP contribution in [-0.4, -0.2) is 44.6 Å². The number of likely N-dealkylation sites (tertiary alicyclic amines) is 1. The minimum absolute atomic E-state index is 0.0612. The zero-order valence-corrected chi connectivity index (χ0v) is 16.7. The van der Waals surface area contributed by atoms with Crippen LogP contribution < -0.4 is 9.64 Å². The van der Waals surface area contributed by atoms with Crippen LogP contribution in [0, 0.1) is 6.92 Å². The standard InChI is InChI=1S/C23H30N2O2/c1-18-9-11-19(12-10-18)15-23(26)24(2)22(17-25-13-4-5-14-25)20-7-6-8-21(16-20)27-3/h6-12,16,22H,4-5,13-15,17H2,1-3H3/p+1. The highest BCUT2D eigenvalue weighted by atomic mass is 16.5. The van der Waals surface area contributed by atoms with Gasteiger partial charge in [0.05, 0.1) is 26.6 Å². The Hall–Kier alpha value is -2.33. The van der Waals surface area contributed by atoms with E-state index in [0.717, 1.165) is 23.4 Å². The van der Waals surface area contributed by atoms with E-state index in [2.05, 4.69) is 31.2 Å². The molecule has 1 amide bonds. The Bertz CT molecular complexity index is 751. The molecule has 0 saturated carbocycles. The number of methoxy groups -OCH3 is 1. The summed E-state index contributed by atoms with van der Waals surface area (Å²) >= 11 is 0. The predicted octanol–water partition coefficient (Wildman–Crippen LogP) is 2.42. The van der Waals surface area contributed by atoms with E-state index in [1.807, 2.05) is 36.2 Å². The van der Waals surface area contributed by atoms with Gasteiger partial charge in [0.15, 0.2) is 0 Å². The maximum Gasteiger partial charge on any atom is 0.227 e. The highest BCUT2D eigenvalue weighted by Crippen LogP contribution is 2.23. The molecule has 0 spiro atoms. The van der Waals surface area contributed by atoms with E-state index in [0.29, 0.717) is 6.42 Å². The molecule has 1 fully saturated rings. The topological polar surface area (TPSA) is 34.0 Å². The number of likely N-dealkylation sites (N-methyl/N-ethyl adjacent to an activating group) is 1. The summed E-state index contributed by atoms with van der Waals surface area (Å²) in [4.78, 5) is 16.5. The monoisotopic (exact) mass is 367 g/mol. The fraction of sp³-hybridized carbons (Fsp3) is 0.435. The molecule has 1 saturated heterocycles. The van der Waals surface area contributed by atoms with Crippen LogP contribution in [0.3, 0.4) is 0 Å². The lowest BCUT2D eigenvalue weighted by Crippen LogP contribution is -3.10. The number of carbonyl (C=O) groups is 1. The maximum atomic E-state index is 13.0. The van der Waals surface area contributed by atoms with Gasteiger partial charge in [-0.3, -0.25) is 4.79 Å². The molecule has 2 aromatic rings. The molecule has 1 heterocycles. The van der Waals surface area contributed by atoms with Gasteiger partial charge in [-0.1, -0.05) is 42.0 Å². The van der Waals surface area contributed by atoms with Crippen LogP contribution in [0.5, 0.6) is 5.75 Å². The second kappa shape index (κ2) is 9.05. The second-order valence-corrected chi connectivity index (χ2v) is 7.62. The first kappa shape index (κ1) is 19.4. The highest BCUT2D eigenvalue weighted by Gasteiger charge is 2.28. The Labute approximate surface area is 162 Å². The van der Waals surface area contributed by atoms with Gasteiger partial charge >= 0.3 is 0 Å². The number of benzene rings is 2. The second-order valence-electron chi connectivity index (χ2n) is 7.62. The lowest BCUT2D eigenvalue weighted by molar-refractivity contribution is -0.890. The fourth-order valence-electron chi connectivity index (χ4n) is 3.86. The number of hydrogen-bond acceptors (Lipinski definition) is 2. The third-order valence-electron chi connectivity index (χ3n) is 5.61. The van der Waals surface area contributed by atoms with E-state index >= 15 is 0 Å². The third-order valence-corrected chi connectivity index (χ3v) is 5.61. The summed E-state index contributed by atoms with van der Waals surface area (Å²) in [7, 11) is 3.63. The highest BCUT2D eigenvalue weighted by molar-refractivity contribution is 5.79. The number of ether oxygens (including phenoxy) is 1. The number of hydrogen-bond donors (Lipinski definition) is 1. The molecule has 0 aliphatic carbocycles. The van der Waals surface area contributed by atoms with Crippen molar-refractivity contribution in [1.82, 2.24) is 4.90 Å². The van der Waals surface area contributed by atoms with Crippen LogP contribution in [0.2, 0.25) is 0 Å². The van der Waals surface area contributed by atoms with Crippen molar-refractivity contribution in [2.24, 2.45) is 0 Å². The van der Waals surface area contributed by atoms with Crippen LogP contribution in [0.25, 0.3) is 0 Å². The van der Waals surface area contributed by atoms with Crippen molar-refractivity contribution in [2.75, 3.05) is 33.8 Å². The molecule has 1 atom stereocenters. The predicted molar refractivity (Wildman–Crippen MR) is 108 cm³/mol. The molecule has 4 nitrogen and oxygen atoms in total. The van der Waals surface area contributed by atoms with E-state index in [1.54, 1.807) is 12.0 Å². The first-order valence-corrected chi connectivity index (χ1v) is 9.85. The van der Waals surface area contributed by atoms with Crippen LogP contribution in [0.15, 0.2) is 48.5 Å². The van der Waals surface area contributed by atoms with Gasteiger partial charge < -0.3 is 14.5 Å². The molecule has 4 heteroatoms. The number of rotatable bonds is 7. The minimum atomic E-state index is 0.0612. The van der Waals surface area contributed by atoms with Gasteiger partial charge in [-0.25, -0.2) is 0 Å². The molecule has 0 bridgehead atoms. The first-order chi connectivity index (χ1) is 13.1. The Morgan fingerprint density at radius 1 is 1.15 bits per heavy atom. The zero-order chi connectivity index (χ0) is 19.2. The van der Waals surface area contributed by atoms with Crippen LogP contribution in [0.4, 0.5) is 0 Å². The van der Waals surface area contributed by atoms with Gasteiger partial charge in [0, 0.05) is 19.9 Å². The number of carbonyl (C=O) groups excluding carboxylic acids is 1. The minimum Gasteiger partial charge on any atom is -0.497 e. The van der Waals surface area contributed by atoms with E-state index in [4.69, 9.17) is 4.74 Å². The molecule has 0 radical (unpaired) electrons. The number of nitrogens with zero attached hydrogens (tertiary/aromatic N) is 1. The smallest absolute Gasteiger partial charge is 0.227 e. The Morgan fingerprint density at radius 2 is 1.85 bits per heavy atom. The average molecular weight is 368 g/mol. The van der Waals surface area contributed by atoms with Gasteiger partial charge in [-0.05, 0) is 30.2 Å². The van der Waals surface area contributed by atoms with Gasteiger partial charge in [-0.2, -0.15) is 0 Å². The van der Waals surface area contributed by atoms with Gasteiger partial charge in [0.2, 0.25) is 5.91 Å². The normalized spacial score (nSPS) is 15.5. The van der Waals surface area contributed by atoms with Gasteiger partial charge in [0.1, 0.15) is 18.3 Å². The fourth-order valence-corrected chi connectivity index (χ4v) is 3.86. The number of nitrogens with one attached hydrogen (secondary N) is 1. The molecule has 27 heavy (non-hydrogen) atoms. The Morgan fingerprint density at radius 3 is 2.52 bits per heavy atom. The van der Waals surface area contributed by atoms with Crippen LogP contribution >= 0.6 is 0 Å². The lowest BCUT2D eigenvalue weighted by Gasteiger charge is -2.30. The molecule has 0 aromatic heterocycles. The van der Waals surface area contributed by atoms with E-state index in [1.165, 1.54) is 31.5 Å². The Balaban J connectivity index is 1.79. The Kier molecular flexibility index (Phi) is 6.51. The quantitative estimate of drug-likeness (QED) is 0.816. The summed E-state index contributed by atoms with van der Waals surface area (Å²) in [5.74, 6) is 0.999. The van der Waals surface area contributed by atoms with Crippen molar-refractivity contribution in [1.29, 1.82) is 0 Å². The first-order valence-electron chi connectivity index (χ1n) is 9.85. The largest absolute Gasteiger partial charge is 0.497 e. The van der Waals surface area contributed by atoms with E-state index in [-0.39, 0.29) is 11.9 Å². The van der Waals surface area contributed by atoms with Crippen molar-refractivity contribution in [3.05, 3.63) is 65.2 Å². The van der Waals surface area contributed by atoms with Crippen molar-refractivity contribution in [3.8, 4) is 5.75 Å². The summed E-state index contributed by atoms with van der Waals surface area (Å²) in [6.07, 6.45) is 3.00. The number of quaternary nitrogens is 1. The third kappa shape index (κ3) is 5.10. The van der Waals surface area contributed by atoms with Crippen molar-refractivity contribution >= 4 is 5.91 Å². The summed E-state index contributed by atoms with van der Waals surface area (Å²) in [6.45, 7) is 5.40.